The Labute approximate surface area is 764 Å². The summed E-state index contributed by atoms with van der Waals surface area (Å²) in [7, 11) is -9.83. The standard InChI is InChI=1S/C107H182O16P2/c1-4-7-10-13-16-19-22-25-28-31-34-37-39-41-43-45-47-49-50-52-54-55-57-59-61-64-66-69-72-75-78-81-84-87-90-93-105(110)117-96-102(108)97-119-124(113,114)120-98-103(109)99-121-125(115,116)122-101-104(123-107(112)95-92-89-86-83-80-77-74-71-68-63-36-33-30-27-24-21-18-15-12-9-6-3)100-118-106(111)94-91-88-85-82-79-76-73-70-67-65-62-60-58-56-53-51-48-46-44-42-40-38-35-32-29-26-23-20-17-14-11-8-5-2/h8-9,11-12,16-21,25-30,34-38,41-44,63,71,74,80,83,102-104,108-109H,4-7,10,13-15,22-24,31-33,39-40,45-62,64-70,72-73,75-79,81-82,84-101H2,1-3H3,(H,113,114)(H,115,116)/b11-8-,12-9-,19-16-,20-17-,21-18-,28-25-,29-26-,30-27-,37-34-,38-35-,43-41-,44-42-,63-36-,74-71-,83-80-. The van der Waals surface area contributed by atoms with Crippen molar-refractivity contribution in [2.24, 2.45) is 0 Å². The normalized spacial score (nSPS) is 14.5. The van der Waals surface area contributed by atoms with Crippen molar-refractivity contribution in [1.29, 1.82) is 0 Å². The highest BCUT2D eigenvalue weighted by atomic mass is 31.2. The summed E-state index contributed by atoms with van der Waals surface area (Å²) >= 11 is 0. The third-order valence-electron chi connectivity index (χ3n) is 21.1. The highest BCUT2D eigenvalue weighted by molar-refractivity contribution is 7.47. The molecule has 0 amide bonds. The van der Waals surface area contributed by atoms with Crippen molar-refractivity contribution < 1.29 is 75.8 Å². The van der Waals surface area contributed by atoms with Gasteiger partial charge in [0, 0.05) is 19.3 Å². The van der Waals surface area contributed by atoms with Gasteiger partial charge in [-0.1, -0.05) is 421 Å². The molecule has 0 aromatic carbocycles. The lowest BCUT2D eigenvalue weighted by Gasteiger charge is -2.21. The van der Waals surface area contributed by atoms with Crippen LogP contribution in [0.3, 0.4) is 0 Å². The number of carbonyl (C=O) groups excluding carboxylic acids is 3. The summed E-state index contributed by atoms with van der Waals surface area (Å²) in [4.78, 5) is 59.1. The number of phosphoric acid groups is 2. The van der Waals surface area contributed by atoms with E-state index in [1.807, 2.05) is 0 Å². The molecule has 0 saturated carbocycles. The van der Waals surface area contributed by atoms with Crippen LogP contribution in [0.2, 0.25) is 0 Å². The first-order valence-corrected chi connectivity index (χ1v) is 53.1. The van der Waals surface area contributed by atoms with E-state index < -0.39 is 91.5 Å². The van der Waals surface area contributed by atoms with E-state index in [1.165, 1.54) is 212 Å². The van der Waals surface area contributed by atoms with E-state index in [0.29, 0.717) is 25.7 Å². The second-order valence-corrected chi connectivity index (χ2v) is 36.1. The van der Waals surface area contributed by atoms with Crippen LogP contribution in [-0.2, 0) is 55.8 Å². The summed E-state index contributed by atoms with van der Waals surface area (Å²) in [5.41, 5.74) is 0. The van der Waals surface area contributed by atoms with Crippen LogP contribution in [0.4, 0.5) is 0 Å². The Hall–Kier alpha value is -5.35. The lowest BCUT2D eigenvalue weighted by Crippen LogP contribution is -2.30. The summed E-state index contributed by atoms with van der Waals surface area (Å²) in [6.45, 7) is 2.43. The van der Waals surface area contributed by atoms with Crippen molar-refractivity contribution in [2.75, 3.05) is 39.6 Å². The third kappa shape index (κ3) is 99.1. The monoisotopic (exact) mass is 1790 g/mol. The molecule has 18 heteroatoms. The lowest BCUT2D eigenvalue weighted by molar-refractivity contribution is -0.161. The molecule has 125 heavy (non-hydrogen) atoms. The van der Waals surface area contributed by atoms with Crippen LogP contribution in [0, 0.1) is 0 Å². The van der Waals surface area contributed by atoms with Crippen LogP contribution in [0.5, 0.6) is 0 Å². The first kappa shape index (κ1) is 120. The topological polar surface area (TPSA) is 231 Å². The predicted molar refractivity (Wildman–Crippen MR) is 528 cm³/mol. The second kappa shape index (κ2) is 97.7. The lowest BCUT2D eigenvalue weighted by atomic mass is 10.0. The van der Waals surface area contributed by atoms with Gasteiger partial charge in [0.2, 0.25) is 0 Å². The number of carbonyl (C=O) groups is 3. The molecule has 0 aromatic heterocycles. The van der Waals surface area contributed by atoms with E-state index in [0.717, 1.165) is 141 Å². The van der Waals surface area contributed by atoms with Crippen molar-refractivity contribution in [2.45, 2.75) is 437 Å². The van der Waals surface area contributed by atoms with E-state index in [2.05, 4.69) is 203 Å². The minimum atomic E-state index is -4.96. The minimum Gasteiger partial charge on any atom is -0.463 e. The van der Waals surface area contributed by atoms with Crippen molar-refractivity contribution in [3.63, 3.8) is 0 Å². The van der Waals surface area contributed by atoms with Gasteiger partial charge < -0.3 is 34.2 Å². The number of esters is 3. The minimum absolute atomic E-state index is 0.0459. The number of unbranched alkanes of at least 4 members (excludes halogenated alkanes) is 41. The number of hydrogen-bond acceptors (Lipinski definition) is 14. The molecule has 5 atom stereocenters. The molecular weight excluding hydrogens is 1600 g/mol. The molecule has 4 N–H and O–H groups in total. The maximum Gasteiger partial charge on any atom is 0.472 e. The van der Waals surface area contributed by atoms with Gasteiger partial charge in [-0.25, -0.2) is 9.13 Å². The average Bonchev–Trinajstić information content (AvgIpc) is 0.899. The molecule has 0 saturated heterocycles. The predicted octanol–water partition coefficient (Wildman–Crippen LogP) is 31.6. The Bertz CT molecular complexity index is 3000. The fourth-order valence-corrected chi connectivity index (χ4v) is 15.2. The number of hydrogen-bond donors (Lipinski definition) is 4. The van der Waals surface area contributed by atoms with Gasteiger partial charge in [0.15, 0.2) is 6.10 Å². The fourth-order valence-electron chi connectivity index (χ4n) is 13.6. The molecule has 716 valence electrons. The number of ether oxygens (including phenoxy) is 3. The molecule has 0 rings (SSSR count). The Morgan fingerprint density at radius 2 is 0.424 bits per heavy atom. The molecule has 5 unspecified atom stereocenters. The van der Waals surface area contributed by atoms with Gasteiger partial charge in [-0.3, -0.25) is 32.5 Å². The third-order valence-corrected chi connectivity index (χ3v) is 23.0. The van der Waals surface area contributed by atoms with Gasteiger partial charge in [-0.15, -0.1) is 0 Å². The first-order chi connectivity index (χ1) is 61.2. The van der Waals surface area contributed by atoms with Crippen LogP contribution in [0.1, 0.15) is 419 Å². The SMILES string of the molecule is CC/C=C\C/C=C\C/C=C\C/C=C\C/C=C\C/C=C\CCCCC(=O)OC(COC(=O)CCCCCCCCCCCCCCCCCCC/C=C\C/C=C\C/C=C\C/C=C\C/C=C\CC)COP(=O)(O)OCC(O)COP(=O)(O)OCC(O)COC(=O)CCCCCCCCCCCCCCCCCCCCC/C=C\C/C=C\C/C=C\C/C=C\CCCCC. The Morgan fingerprint density at radius 3 is 0.688 bits per heavy atom. The van der Waals surface area contributed by atoms with Gasteiger partial charge in [-0.2, -0.15) is 0 Å². The van der Waals surface area contributed by atoms with E-state index in [-0.39, 0.29) is 19.3 Å². The van der Waals surface area contributed by atoms with E-state index in [9.17, 15) is 43.5 Å². The van der Waals surface area contributed by atoms with Gasteiger partial charge in [-0.05, 0) is 161 Å². The van der Waals surface area contributed by atoms with Gasteiger partial charge >= 0.3 is 33.6 Å². The molecule has 16 nitrogen and oxygen atoms in total. The van der Waals surface area contributed by atoms with E-state index >= 15 is 0 Å². The number of rotatable bonds is 94. The van der Waals surface area contributed by atoms with Crippen LogP contribution >= 0.6 is 15.6 Å². The smallest absolute Gasteiger partial charge is 0.463 e. The van der Waals surface area contributed by atoms with Crippen LogP contribution in [0.15, 0.2) is 182 Å². The van der Waals surface area contributed by atoms with Crippen LogP contribution in [0.25, 0.3) is 0 Å². The summed E-state index contributed by atoms with van der Waals surface area (Å²) in [6, 6.07) is 0. The second-order valence-electron chi connectivity index (χ2n) is 33.2. The fraction of sp³-hybridized carbons (Fsp3) is 0.692. The van der Waals surface area contributed by atoms with E-state index in [4.69, 9.17) is 32.3 Å². The van der Waals surface area contributed by atoms with Gasteiger partial charge in [0.25, 0.3) is 0 Å². The quantitative estimate of drug-likeness (QED) is 0.0146. The zero-order valence-electron chi connectivity index (χ0n) is 79.2. The Kier molecular flexibility index (Phi) is 93.5. The summed E-state index contributed by atoms with van der Waals surface area (Å²) < 4.78 is 61.5. The highest BCUT2D eigenvalue weighted by Gasteiger charge is 2.30. The Morgan fingerprint density at radius 1 is 0.232 bits per heavy atom. The molecule has 0 bridgehead atoms. The maximum absolute atomic E-state index is 13.1. The average molecular weight is 1790 g/mol. The van der Waals surface area contributed by atoms with Gasteiger partial charge in [0.1, 0.15) is 25.4 Å². The first-order valence-electron chi connectivity index (χ1n) is 50.1. The van der Waals surface area contributed by atoms with Crippen LogP contribution < -0.4 is 0 Å². The summed E-state index contributed by atoms with van der Waals surface area (Å²) in [5, 5.41) is 20.8. The molecule has 0 radical (unpaired) electrons. The largest absolute Gasteiger partial charge is 0.472 e. The van der Waals surface area contributed by atoms with Crippen molar-refractivity contribution >= 4 is 33.6 Å². The molecule has 0 spiro atoms. The molecule has 0 fully saturated rings. The molecule has 0 aromatic rings. The zero-order chi connectivity index (χ0) is 90.7. The number of aliphatic hydroxyl groups is 2. The van der Waals surface area contributed by atoms with Crippen molar-refractivity contribution in [3.05, 3.63) is 182 Å². The zero-order valence-corrected chi connectivity index (χ0v) is 81.0. The number of allylic oxidation sites excluding steroid dienone is 30. The maximum atomic E-state index is 13.1. The number of aliphatic hydroxyl groups excluding tert-OH is 2. The van der Waals surface area contributed by atoms with Crippen molar-refractivity contribution in [1.82, 2.24) is 0 Å². The highest BCUT2D eigenvalue weighted by Crippen LogP contribution is 2.45. The van der Waals surface area contributed by atoms with Crippen LogP contribution in [-0.4, -0.2) is 95.9 Å². The van der Waals surface area contributed by atoms with Gasteiger partial charge in [0.05, 0.1) is 26.4 Å². The molecule has 0 aliphatic rings. The molecular formula is C107H182O16P2. The van der Waals surface area contributed by atoms with Crippen molar-refractivity contribution in [3.8, 4) is 0 Å². The molecule has 0 heterocycles. The molecule has 0 aliphatic heterocycles. The number of phosphoric ester groups is 2. The summed E-state index contributed by atoms with van der Waals surface area (Å²) in [5.74, 6) is -1.62. The Balaban J connectivity index is 4.54. The molecule has 0 aliphatic carbocycles. The van der Waals surface area contributed by atoms with E-state index in [1.54, 1.807) is 0 Å². The summed E-state index contributed by atoms with van der Waals surface area (Å²) in [6.07, 6.45) is 130.